The van der Waals surface area contributed by atoms with E-state index in [9.17, 15) is 9.59 Å². The number of rotatable bonds is 4. The van der Waals surface area contributed by atoms with Gasteiger partial charge in [0.15, 0.2) is 0 Å². The second kappa shape index (κ2) is 6.70. The Morgan fingerprint density at radius 2 is 1.50 bits per heavy atom. The standard InChI is InChI=1S/C18H16N4O2/c19-14-5-2-6-15(10-14)21-17(23)12-3-1-4-13(9-12)18(24)22-16-7-8-20-11-16/h1-11,20H,19H2,(H,21,23)(H,22,24). The van der Waals surface area contributed by atoms with Crippen LogP contribution in [0.2, 0.25) is 0 Å². The zero-order chi connectivity index (χ0) is 16.9. The average Bonchev–Trinajstić information content (AvgIpc) is 3.08. The van der Waals surface area contributed by atoms with Crippen molar-refractivity contribution in [3.05, 3.63) is 78.1 Å². The highest BCUT2D eigenvalue weighted by atomic mass is 16.2. The zero-order valence-electron chi connectivity index (χ0n) is 12.7. The molecule has 6 nitrogen and oxygen atoms in total. The van der Waals surface area contributed by atoms with E-state index in [1.54, 1.807) is 67.0 Å². The van der Waals surface area contributed by atoms with Crippen LogP contribution >= 0.6 is 0 Å². The Morgan fingerprint density at radius 3 is 2.12 bits per heavy atom. The first-order chi connectivity index (χ1) is 11.6. The van der Waals surface area contributed by atoms with Crippen LogP contribution in [0.4, 0.5) is 17.1 Å². The van der Waals surface area contributed by atoms with Gasteiger partial charge in [0.1, 0.15) is 0 Å². The summed E-state index contributed by atoms with van der Waals surface area (Å²) in [5, 5.41) is 5.50. The van der Waals surface area contributed by atoms with E-state index in [1.165, 1.54) is 0 Å². The maximum atomic E-state index is 12.3. The van der Waals surface area contributed by atoms with Crippen molar-refractivity contribution < 1.29 is 9.59 Å². The van der Waals surface area contributed by atoms with Gasteiger partial charge in [-0.1, -0.05) is 12.1 Å². The normalized spacial score (nSPS) is 10.2. The largest absolute Gasteiger partial charge is 0.399 e. The summed E-state index contributed by atoms with van der Waals surface area (Å²) in [6.45, 7) is 0. The molecule has 2 aromatic carbocycles. The number of amides is 2. The molecule has 0 radical (unpaired) electrons. The Morgan fingerprint density at radius 1 is 0.833 bits per heavy atom. The molecule has 0 saturated heterocycles. The molecule has 0 bridgehead atoms. The lowest BCUT2D eigenvalue weighted by atomic mass is 10.1. The van der Waals surface area contributed by atoms with Crippen LogP contribution in [0.1, 0.15) is 20.7 Å². The van der Waals surface area contributed by atoms with Crippen molar-refractivity contribution in [3.63, 3.8) is 0 Å². The minimum absolute atomic E-state index is 0.284. The van der Waals surface area contributed by atoms with E-state index in [4.69, 9.17) is 5.73 Å². The molecule has 24 heavy (non-hydrogen) atoms. The fourth-order valence-electron chi connectivity index (χ4n) is 2.23. The van der Waals surface area contributed by atoms with E-state index in [2.05, 4.69) is 15.6 Å². The second-order valence-electron chi connectivity index (χ2n) is 5.21. The van der Waals surface area contributed by atoms with Crippen LogP contribution in [-0.2, 0) is 0 Å². The topological polar surface area (TPSA) is 100 Å². The van der Waals surface area contributed by atoms with Gasteiger partial charge < -0.3 is 21.4 Å². The van der Waals surface area contributed by atoms with Crippen LogP contribution in [0.5, 0.6) is 0 Å². The van der Waals surface area contributed by atoms with Crippen molar-refractivity contribution in [3.8, 4) is 0 Å². The number of benzene rings is 2. The van der Waals surface area contributed by atoms with Gasteiger partial charge in [-0.25, -0.2) is 0 Å². The summed E-state index contributed by atoms with van der Waals surface area (Å²) >= 11 is 0. The maximum Gasteiger partial charge on any atom is 0.255 e. The number of aromatic amines is 1. The first-order valence-electron chi connectivity index (χ1n) is 7.33. The molecule has 120 valence electrons. The van der Waals surface area contributed by atoms with Crippen molar-refractivity contribution in [2.24, 2.45) is 0 Å². The van der Waals surface area contributed by atoms with Crippen LogP contribution in [-0.4, -0.2) is 16.8 Å². The number of anilines is 3. The third-order valence-electron chi connectivity index (χ3n) is 3.39. The number of carbonyl (C=O) groups excluding carboxylic acids is 2. The Bertz CT molecular complexity index is 872. The Balaban J connectivity index is 1.74. The number of hydrogen-bond acceptors (Lipinski definition) is 3. The summed E-state index contributed by atoms with van der Waals surface area (Å²) in [5.74, 6) is -0.592. The predicted molar refractivity (Wildman–Crippen MR) is 94.0 cm³/mol. The SMILES string of the molecule is Nc1cccc(NC(=O)c2cccc(C(=O)Nc3cc[nH]c3)c2)c1. The van der Waals surface area contributed by atoms with E-state index >= 15 is 0 Å². The number of H-pyrrole nitrogens is 1. The maximum absolute atomic E-state index is 12.3. The molecule has 0 aliphatic heterocycles. The number of nitrogens with one attached hydrogen (secondary N) is 3. The number of aromatic nitrogens is 1. The van der Waals surface area contributed by atoms with Gasteiger partial charge in [0, 0.05) is 34.9 Å². The molecule has 0 saturated carbocycles. The lowest BCUT2D eigenvalue weighted by Crippen LogP contribution is -2.15. The Kier molecular flexibility index (Phi) is 4.29. The third-order valence-corrected chi connectivity index (χ3v) is 3.39. The van der Waals surface area contributed by atoms with Gasteiger partial charge in [-0.2, -0.15) is 0 Å². The highest BCUT2D eigenvalue weighted by molar-refractivity contribution is 6.08. The number of nitrogen functional groups attached to an aromatic ring is 1. The van der Waals surface area contributed by atoms with Crippen molar-refractivity contribution in [2.45, 2.75) is 0 Å². The average molecular weight is 320 g/mol. The summed E-state index contributed by atoms with van der Waals surface area (Å²) in [4.78, 5) is 27.4. The van der Waals surface area contributed by atoms with Crippen molar-refractivity contribution >= 4 is 28.9 Å². The molecule has 3 aromatic rings. The fourth-order valence-corrected chi connectivity index (χ4v) is 2.23. The first kappa shape index (κ1) is 15.4. The lowest BCUT2D eigenvalue weighted by molar-refractivity contribution is 0.102. The molecule has 6 heteroatoms. The van der Waals surface area contributed by atoms with E-state index < -0.39 is 0 Å². The summed E-state index contributed by atoms with van der Waals surface area (Å²) < 4.78 is 0. The zero-order valence-corrected chi connectivity index (χ0v) is 12.7. The minimum Gasteiger partial charge on any atom is -0.399 e. The molecule has 0 spiro atoms. The lowest BCUT2D eigenvalue weighted by Gasteiger charge is -2.08. The van der Waals surface area contributed by atoms with Crippen molar-refractivity contribution in [2.75, 3.05) is 16.4 Å². The molecule has 1 heterocycles. The highest BCUT2D eigenvalue weighted by Crippen LogP contribution is 2.15. The summed E-state index contributed by atoms with van der Waals surface area (Å²) in [6, 6.07) is 15.2. The Labute approximate surface area is 138 Å². The van der Waals surface area contributed by atoms with Gasteiger partial charge in [-0.15, -0.1) is 0 Å². The van der Waals surface area contributed by atoms with Crippen LogP contribution in [0.15, 0.2) is 67.0 Å². The van der Waals surface area contributed by atoms with Gasteiger partial charge in [0.2, 0.25) is 0 Å². The quantitative estimate of drug-likeness (QED) is 0.556. The molecule has 2 amide bonds. The van der Waals surface area contributed by atoms with Gasteiger partial charge in [-0.05, 0) is 42.5 Å². The molecule has 0 unspecified atom stereocenters. The summed E-state index contributed by atoms with van der Waals surface area (Å²) in [7, 11) is 0. The number of nitrogens with two attached hydrogens (primary N) is 1. The minimum atomic E-state index is -0.308. The van der Waals surface area contributed by atoms with Crippen molar-refractivity contribution in [1.29, 1.82) is 0 Å². The van der Waals surface area contributed by atoms with Gasteiger partial charge in [0.05, 0.1) is 5.69 Å². The number of carbonyl (C=O) groups is 2. The predicted octanol–water partition coefficient (Wildman–Crippen LogP) is 3.10. The molecule has 0 aliphatic carbocycles. The smallest absolute Gasteiger partial charge is 0.255 e. The first-order valence-corrected chi connectivity index (χ1v) is 7.33. The molecule has 0 aliphatic rings. The van der Waals surface area contributed by atoms with E-state index in [0.29, 0.717) is 28.2 Å². The summed E-state index contributed by atoms with van der Waals surface area (Å²) in [5.41, 5.74) is 8.31. The molecule has 5 N–H and O–H groups in total. The molecule has 1 aromatic heterocycles. The van der Waals surface area contributed by atoms with Gasteiger partial charge in [-0.3, -0.25) is 9.59 Å². The third kappa shape index (κ3) is 3.61. The number of hydrogen-bond donors (Lipinski definition) is 4. The molecular formula is C18H16N4O2. The van der Waals surface area contributed by atoms with Crippen LogP contribution in [0, 0.1) is 0 Å². The fraction of sp³-hybridized carbons (Fsp3) is 0. The van der Waals surface area contributed by atoms with Gasteiger partial charge >= 0.3 is 0 Å². The van der Waals surface area contributed by atoms with E-state index in [1.807, 2.05) is 0 Å². The van der Waals surface area contributed by atoms with E-state index in [-0.39, 0.29) is 11.8 Å². The highest BCUT2D eigenvalue weighted by Gasteiger charge is 2.11. The van der Waals surface area contributed by atoms with E-state index in [0.717, 1.165) is 0 Å². The Hall–Kier alpha value is -3.54. The second-order valence-corrected chi connectivity index (χ2v) is 5.21. The summed E-state index contributed by atoms with van der Waals surface area (Å²) in [6.07, 6.45) is 3.39. The van der Waals surface area contributed by atoms with Crippen molar-refractivity contribution in [1.82, 2.24) is 4.98 Å². The molecule has 3 rings (SSSR count). The molecule has 0 fully saturated rings. The van der Waals surface area contributed by atoms with Gasteiger partial charge in [0.25, 0.3) is 11.8 Å². The molecule has 0 atom stereocenters. The molecular weight excluding hydrogens is 304 g/mol. The van der Waals surface area contributed by atoms with Crippen LogP contribution in [0.25, 0.3) is 0 Å². The van der Waals surface area contributed by atoms with Crippen LogP contribution in [0.3, 0.4) is 0 Å². The monoisotopic (exact) mass is 320 g/mol. The van der Waals surface area contributed by atoms with Crippen LogP contribution < -0.4 is 16.4 Å².